The first-order valence-corrected chi connectivity index (χ1v) is 7.38. The largest absolute Gasteiger partial charge is 0.394 e. The molecule has 0 bridgehead atoms. The van der Waals surface area contributed by atoms with Gasteiger partial charge in [0.2, 0.25) is 0 Å². The molecule has 2 heterocycles. The number of aromatic nitrogens is 1. The monoisotopic (exact) mass is 298 g/mol. The molecular formula is C14H19ClN2O3. The average molecular weight is 299 g/mol. The Labute approximate surface area is 123 Å². The Balaban J connectivity index is 1.83. The van der Waals surface area contributed by atoms with Crippen LogP contribution in [0.3, 0.4) is 0 Å². The summed E-state index contributed by atoms with van der Waals surface area (Å²) in [5.74, 6) is -0.0296. The lowest BCUT2D eigenvalue weighted by Gasteiger charge is -2.37. The summed E-state index contributed by atoms with van der Waals surface area (Å²) in [6.45, 7) is 2.76. The van der Waals surface area contributed by atoms with Crippen LogP contribution >= 0.6 is 11.6 Å². The van der Waals surface area contributed by atoms with Gasteiger partial charge in [-0.3, -0.25) is 4.79 Å². The molecule has 1 aromatic rings. The van der Waals surface area contributed by atoms with E-state index in [0.717, 1.165) is 12.8 Å². The van der Waals surface area contributed by atoms with Gasteiger partial charge in [0.25, 0.3) is 5.91 Å². The van der Waals surface area contributed by atoms with Gasteiger partial charge in [0.15, 0.2) is 0 Å². The Hall–Kier alpha value is -1.04. The van der Waals surface area contributed by atoms with Crippen molar-refractivity contribution in [3.05, 3.63) is 23.0 Å². The number of carbonyl (C=O) groups excluding carboxylic acids is 1. The van der Waals surface area contributed by atoms with Gasteiger partial charge in [-0.1, -0.05) is 11.6 Å². The van der Waals surface area contributed by atoms with Crippen LogP contribution in [-0.2, 0) is 4.74 Å². The zero-order valence-corrected chi connectivity index (χ0v) is 12.2. The van der Waals surface area contributed by atoms with Crippen molar-refractivity contribution < 1.29 is 14.6 Å². The third-order valence-electron chi connectivity index (χ3n) is 3.94. The normalized spacial score (nSPS) is 26.9. The van der Waals surface area contributed by atoms with E-state index in [9.17, 15) is 9.90 Å². The second-order valence-electron chi connectivity index (χ2n) is 5.63. The Morgan fingerprint density at radius 2 is 2.30 bits per heavy atom. The first kappa shape index (κ1) is 13.9. The smallest absolute Gasteiger partial charge is 0.270 e. The highest BCUT2D eigenvalue weighted by molar-refractivity contribution is 6.31. The van der Waals surface area contributed by atoms with Crippen LogP contribution in [0.5, 0.6) is 0 Å². The summed E-state index contributed by atoms with van der Waals surface area (Å²) in [5, 5.41) is 9.81. The van der Waals surface area contributed by atoms with Crippen molar-refractivity contribution in [1.29, 1.82) is 0 Å². The van der Waals surface area contributed by atoms with Gasteiger partial charge in [0.1, 0.15) is 5.69 Å². The van der Waals surface area contributed by atoms with Crippen molar-refractivity contribution >= 4 is 17.5 Å². The summed E-state index contributed by atoms with van der Waals surface area (Å²) in [6, 6.07) is 2.15. The number of aliphatic hydroxyl groups excluding tert-OH is 1. The summed E-state index contributed by atoms with van der Waals surface area (Å²) in [5.41, 5.74) is 0.642. The molecule has 1 saturated carbocycles. The molecule has 0 spiro atoms. The topological polar surface area (TPSA) is 54.7 Å². The molecular weight excluding hydrogens is 280 g/mol. The Bertz CT molecular complexity index is 513. The zero-order chi connectivity index (χ0) is 14.3. The molecule has 2 fully saturated rings. The average Bonchev–Trinajstić information content (AvgIpc) is 3.21. The summed E-state index contributed by atoms with van der Waals surface area (Å²) in [7, 11) is 0. The number of rotatable bonds is 3. The van der Waals surface area contributed by atoms with E-state index in [0.29, 0.717) is 29.9 Å². The van der Waals surface area contributed by atoms with Gasteiger partial charge >= 0.3 is 0 Å². The SMILES string of the molecule is CC1COC(CO)CN1C(=O)c1cc(Cl)cn1C1CC1. The first-order chi connectivity index (χ1) is 9.60. The fourth-order valence-corrected chi connectivity index (χ4v) is 2.84. The number of nitrogens with zero attached hydrogens (tertiary/aromatic N) is 2. The second-order valence-corrected chi connectivity index (χ2v) is 6.06. The van der Waals surface area contributed by atoms with Crippen LogP contribution in [0.2, 0.25) is 5.02 Å². The molecule has 0 aromatic carbocycles. The van der Waals surface area contributed by atoms with E-state index < -0.39 is 0 Å². The van der Waals surface area contributed by atoms with Crippen molar-refractivity contribution in [2.45, 2.75) is 38.0 Å². The molecule has 2 aliphatic rings. The molecule has 2 atom stereocenters. The van der Waals surface area contributed by atoms with Crippen LogP contribution in [0.25, 0.3) is 0 Å². The highest BCUT2D eigenvalue weighted by Crippen LogP contribution is 2.37. The predicted octanol–water partition coefficient (Wildman–Crippen LogP) is 1.70. The molecule has 1 N–H and O–H groups in total. The zero-order valence-electron chi connectivity index (χ0n) is 11.5. The summed E-state index contributed by atoms with van der Waals surface area (Å²) < 4.78 is 7.46. The number of morpholine rings is 1. The van der Waals surface area contributed by atoms with Crippen molar-refractivity contribution in [1.82, 2.24) is 9.47 Å². The summed E-state index contributed by atoms with van der Waals surface area (Å²) >= 11 is 6.06. The minimum atomic E-state index is -0.296. The number of aliphatic hydroxyl groups is 1. The van der Waals surface area contributed by atoms with Gasteiger partial charge in [-0.15, -0.1) is 0 Å². The predicted molar refractivity (Wildman–Crippen MR) is 75.0 cm³/mol. The number of ether oxygens (including phenoxy) is 1. The van der Waals surface area contributed by atoms with Crippen molar-refractivity contribution in [3.8, 4) is 0 Å². The minimum Gasteiger partial charge on any atom is -0.394 e. The molecule has 1 aliphatic carbocycles. The summed E-state index contributed by atoms with van der Waals surface area (Å²) in [4.78, 5) is 14.5. The fourth-order valence-electron chi connectivity index (χ4n) is 2.63. The quantitative estimate of drug-likeness (QED) is 0.924. The molecule has 1 saturated heterocycles. The molecule has 6 heteroatoms. The number of hydrogen-bond donors (Lipinski definition) is 1. The van der Waals surface area contributed by atoms with Crippen LogP contribution in [0.1, 0.15) is 36.3 Å². The third kappa shape index (κ3) is 2.57. The Kier molecular flexibility index (Phi) is 3.75. The van der Waals surface area contributed by atoms with Crippen molar-refractivity contribution in [2.75, 3.05) is 19.8 Å². The van der Waals surface area contributed by atoms with E-state index >= 15 is 0 Å². The van der Waals surface area contributed by atoms with Crippen LogP contribution in [0, 0.1) is 0 Å². The standard InChI is InChI=1S/C14H19ClN2O3/c1-9-8-20-12(7-18)6-16(9)14(19)13-4-10(15)5-17(13)11-2-3-11/h4-5,9,11-12,18H,2-3,6-8H2,1H3. The van der Waals surface area contributed by atoms with E-state index in [1.165, 1.54) is 0 Å². The Morgan fingerprint density at radius 1 is 1.55 bits per heavy atom. The van der Waals surface area contributed by atoms with E-state index in [1.54, 1.807) is 11.0 Å². The lowest BCUT2D eigenvalue weighted by molar-refractivity contribution is -0.0669. The molecule has 2 unspecified atom stereocenters. The molecule has 1 amide bonds. The highest BCUT2D eigenvalue weighted by atomic mass is 35.5. The highest BCUT2D eigenvalue weighted by Gasteiger charge is 2.34. The molecule has 1 aromatic heterocycles. The van der Waals surface area contributed by atoms with Crippen LogP contribution in [-0.4, -0.2) is 52.4 Å². The molecule has 5 nitrogen and oxygen atoms in total. The summed E-state index contributed by atoms with van der Waals surface area (Å²) in [6.07, 6.45) is 3.74. The van der Waals surface area contributed by atoms with E-state index in [2.05, 4.69) is 0 Å². The molecule has 20 heavy (non-hydrogen) atoms. The second kappa shape index (κ2) is 5.39. The van der Waals surface area contributed by atoms with Crippen molar-refractivity contribution in [3.63, 3.8) is 0 Å². The van der Waals surface area contributed by atoms with Gasteiger partial charge in [-0.25, -0.2) is 0 Å². The van der Waals surface area contributed by atoms with Gasteiger partial charge in [-0.2, -0.15) is 0 Å². The third-order valence-corrected chi connectivity index (χ3v) is 4.15. The maximum absolute atomic E-state index is 12.7. The van der Waals surface area contributed by atoms with Gasteiger partial charge in [0.05, 0.1) is 30.4 Å². The molecule has 1 aliphatic heterocycles. The number of halogens is 1. The van der Waals surface area contributed by atoms with Crippen LogP contribution in [0.15, 0.2) is 12.3 Å². The van der Waals surface area contributed by atoms with Gasteiger partial charge < -0.3 is 19.3 Å². The number of carbonyl (C=O) groups is 1. The van der Waals surface area contributed by atoms with Crippen LogP contribution < -0.4 is 0 Å². The maximum Gasteiger partial charge on any atom is 0.270 e. The van der Waals surface area contributed by atoms with E-state index in [4.69, 9.17) is 16.3 Å². The first-order valence-electron chi connectivity index (χ1n) is 7.01. The lowest BCUT2D eigenvalue weighted by atomic mass is 10.2. The van der Waals surface area contributed by atoms with E-state index in [1.807, 2.05) is 17.7 Å². The molecule has 0 radical (unpaired) electrons. The van der Waals surface area contributed by atoms with E-state index in [-0.39, 0.29) is 24.7 Å². The maximum atomic E-state index is 12.7. The molecule has 110 valence electrons. The number of hydrogen-bond acceptors (Lipinski definition) is 3. The minimum absolute atomic E-state index is 0.00614. The lowest BCUT2D eigenvalue weighted by Crippen LogP contribution is -2.52. The van der Waals surface area contributed by atoms with Crippen LogP contribution in [0.4, 0.5) is 0 Å². The van der Waals surface area contributed by atoms with Gasteiger partial charge in [0, 0.05) is 18.8 Å². The molecule has 3 rings (SSSR count). The van der Waals surface area contributed by atoms with Gasteiger partial charge in [-0.05, 0) is 25.8 Å². The van der Waals surface area contributed by atoms with Crippen molar-refractivity contribution in [2.24, 2.45) is 0 Å². The number of amides is 1. The Morgan fingerprint density at radius 3 is 2.95 bits per heavy atom. The fraction of sp³-hybridized carbons (Fsp3) is 0.643.